The monoisotopic (exact) mass is 208 g/mol. The molecule has 0 radical (unpaired) electrons. The van der Waals surface area contributed by atoms with Crippen LogP contribution in [0.1, 0.15) is 38.5 Å². The Morgan fingerprint density at radius 1 is 1.20 bits per heavy atom. The lowest BCUT2D eigenvalue weighted by Gasteiger charge is -2.24. The molecule has 1 fully saturated rings. The van der Waals surface area contributed by atoms with E-state index in [9.17, 15) is 4.79 Å². The molecule has 0 heterocycles. The number of rotatable bonds is 3. The van der Waals surface area contributed by atoms with Gasteiger partial charge in [-0.1, -0.05) is 25.5 Å². The van der Waals surface area contributed by atoms with Gasteiger partial charge in [0, 0.05) is 6.08 Å². The van der Waals surface area contributed by atoms with Crippen molar-refractivity contribution >= 4 is 5.97 Å². The third kappa shape index (κ3) is 4.32. The minimum atomic E-state index is -0.302. The molecular formula is C13H20O2. The van der Waals surface area contributed by atoms with E-state index in [0.29, 0.717) is 5.92 Å². The maximum atomic E-state index is 11.1. The van der Waals surface area contributed by atoms with Crippen LogP contribution in [-0.2, 0) is 9.53 Å². The maximum Gasteiger partial charge on any atom is 0.330 e. The topological polar surface area (TPSA) is 26.3 Å². The van der Waals surface area contributed by atoms with Gasteiger partial charge in [0.1, 0.15) is 6.10 Å². The number of esters is 1. The summed E-state index contributed by atoms with van der Waals surface area (Å²) < 4.78 is 5.30. The zero-order valence-electron chi connectivity index (χ0n) is 9.28. The van der Waals surface area contributed by atoms with Gasteiger partial charge in [0.25, 0.3) is 0 Å². The summed E-state index contributed by atoms with van der Waals surface area (Å²) >= 11 is 0. The van der Waals surface area contributed by atoms with Crippen LogP contribution in [0.4, 0.5) is 0 Å². The van der Waals surface area contributed by atoms with Crippen LogP contribution in [0.15, 0.2) is 25.3 Å². The van der Waals surface area contributed by atoms with E-state index in [4.69, 9.17) is 4.74 Å². The Hall–Kier alpha value is -1.05. The summed E-state index contributed by atoms with van der Waals surface area (Å²) in [6.45, 7) is 7.24. The van der Waals surface area contributed by atoms with Crippen molar-refractivity contribution < 1.29 is 9.53 Å². The summed E-state index contributed by atoms with van der Waals surface area (Å²) in [5.41, 5.74) is 0. The van der Waals surface area contributed by atoms with Crippen LogP contribution in [0.25, 0.3) is 0 Å². The number of ether oxygens (including phenoxy) is 1. The third-order valence-corrected chi connectivity index (χ3v) is 2.95. The van der Waals surface area contributed by atoms with Crippen LogP contribution < -0.4 is 0 Å². The molecule has 0 aliphatic heterocycles. The predicted molar refractivity (Wildman–Crippen MR) is 61.5 cm³/mol. The molecule has 0 aromatic heterocycles. The fourth-order valence-corrected chi connectivity index (χ4v) is 2.06. The van der Waals surface area contributed by atoms with Crippen molar-refractivity contribution in [3.8, 4) is 0 Å². The minimum Gasteiger partial charge on any atom is -0.459 e. The fourth-order valence-electron chi connectivity index (χ4n) is 2.06. The first-order valence-electron chi connectivity index (χ1n) is 5.72. The average molecular weight is 208 g/mol. The molecule has 0 bridgehead atoms. The fraction of sp³-hybridized carbons (Fsp3) is 0.615. The van der Waals surface area contributed by atoms with Gasteiger partial charge in [-0.25, -0.2) is 4.79 Å². The van der Waals surface area contributed by atoms with Gasteiger partial charge >= 0.3 is 5.97 Å². The second kappa shape index (κ2) is 6.44. The Morgan fingerprint density at radius 3 is 2.60 bits per heavy atom. The third-order valence-electron chi connectivity index (χ3n) is 2.95. The summed E-state index contributed by atoms with van der Waals surface area (Å²) in [5.74, 6) is 0.191. The molecular weight excluding hydrogens is 188 g/mol. The quantitative estimate of drug-likeness (QED) is 0.404. The second-order valence-electron chi connectivity index (χ2n) is 4.13. The van der Waals surface area contributed by atoms with E-state index >= 15 is 0 Å². The smallest absolute Gasteiger partial charge is 0.330 e. The highest BCUT2D eigenvalue weighted by molar-refractivity contribution is 5.81. The Morgan fingerprint density at radius 2 is 1.93 bits per heavy atom. The molecule has 2 nitrogen and oxygen atoms in total. The highest BCUT2D eigenvalue weighted by Gasteiger charge is 2.19. The molecule has 0 aromatic carbocycles. The Labute approximate surface area is 92.0 Å². The van der Waals surface area contributed by atoms with Crippen molar-refractivity contribution in [1.82, 2.24) is 0 Å². The average Bonchev–Trinajstić information content (AvgIpc) is 2.21. The number of hydrogen-bond acceptors (Lipinski definition) is 2. The SMILES string of the molecule is C=CC(=O)OC1CCCCCC(C=C)C1. The summed E-state index contributed by atoms with van der Waals surface area (Å²) in [6, 6.07) is 0. The van der Waals surface area contributed by atoms with Crippen molar-refractivity contribution in [2.24, 2.45) is 5.92 Å². The summed E-state index contributed by atoms with van der Waals surface area (Å²) in [6.07, 6.45) is 9.99. The van der Waals surface area contributed by atoms with Crippen molar-refractivity contribution in [2.45, 2.75) is 44.6 Å². The normalized spacial score (nSPS) is 27.2. The molecule has 84 valence electrons. The number of carbonyl (C=O) groups is 1. The van der Waals surface area contributed by atoms with E-state index < -0.39 is 0 Å². The van der Waals surface area contributed by atoms with Gasteiger partial charge in [-0.15, -0.1) is 6.58 Å². The van der Waals surface area contributed by atoms with Gasteiger partial charge in [0.15, 0.2) is 0 Å². The van der Waals surface area contributed by atoms with Crippen LogP contribution in [0, 0.1) is 5.92 Å². The molecule has 1 aliphatic carbocycles. The van der Waals surface area contributed by atoms with Crippen LogP contribution in [-0.4, -0.2) is 12.1 Å². The molecule has 2 heteroatoms. The lowest BCUT2D eigenvalue weighted by atomic mass is 9.89. The molecule has 1 aliphatic rings. The molecule has 0 spiro atoms. The summed E-state index contributed by atoms with van der Waals surface area (Å²) in [4.78, 5) is 11.1. The largest absolute Gasteiger partial charge is 0.459 e. The molecule has 0 saturated heterocycles. The van der Waals surface area contributed by atoms with E-state index in [1.54, 1.807) is 0 Å². The van der Waals surface area contributed by atoms with Crippen molar-refractivity contribution in [3.05, 3.63) is 25.3 Å². The van der Waals surface area contributed by atoms with Gasteiger partial charge in [0.2, 0.25) is 0 Å². The Balaban J connectivity index is 2.48. The van der Waals surface area contributed by atoms with Gasteiger partial charge in [-0.3, -0.25) is 0 Å². The van der Waals surface area contributed by atoms with Crippen molar-refractivity contribution in [1.29, 1.82) is 0 Å². The Kier molecular flexibility index (Phi) is 5.16. The zero-order valence-corrected chi connectivity index (χ0v) is 9.28. The highest BCUT2D eigenvalue weighted by atomic mass is 16.5. The molecule has 1 rings (SSSR count). The molecule has 2 unspecified atom stereocenters. The second-order valence-corrected chi connectivity index (χ2v) is 4.13. The van der Waals surface area contributed by atoms with E-state index in [1.807, 2.05) is 6.08 Å². The van der Waals surface area contributed by atoms with Gasteiger partial charge in [0.05, 0.1) is 0 Å². The first-order valence-corrected chi connectivity index (χ1v) is 5.72. The van der Waals surface area contributed by atoms with Crippen LogP contribution in [0.5, 0.6) is 0 Å². The van der Waals surface area contributed by atoms with Gasteiger partial charge in [-0.05, 0) is 31.6 Å². The maximum absolute atomic E-state index is 11.1. The molecule has 0 amide bonds. The first-order chi connectivity index (χ1) is 7.26. The van der Waals surface area contributed by atoms with Gasteiger partial charge < -0.3 is 4.74 Å². The number of allylic oxidation sites excluding steroid dienone is 1. The van der Waals surface area contributed by atoms with Crippen LogP contribution in [0.3, 0.4) is 0 Å². The van der Waals surface area contributed by atoms with Crippen molar-refractivity contribution in [2.75, 3.05) is 0 Å². The lowest BCUT2D eigenvalue weighted by molar-refractivity contribution is -0.144. The van der Waals surface area contributed by atoms with E-state index in [-0.39, 0.29) is 12.1 Å². The van der Waals surface area contributed by atoms with E-state index in [2.05, 4.69) is 13.2 Å². The Bertz CT molecular complexity index is 233. The minimum absolute atomic E-state index is 0.0544. The molecule has 0 aromatic rings. The summed E-state index contributed by atoms with van der Waals surface area (Å²) in [7, 11) is 0. The van der Waals surface area contributed by atoms with E-state index in [0.717, 1.165) is 19.3 Å². The van der Waals surface area contributed by atoms with E-state index in [1.165, 1.54) is 25.3 Å². The zero-order chi connectivity index (χ0) is 11.1. The standard InChI is InChI=1S/C13H20O2/c1-3-11-8-6-5-7-9-12(10-11)15-13(14)4-2/h3-4,11-12H,1-2,5-10H2. The van der Waals surface area contributed by atoms with Crippen LogP contribution >= 0.6 is 0 Å². The highest BCUT2D eigenvalue weighted by Crippen LogP contribution is 2.25. The number of hydrogen-bond donors (Lipinski definition) is 0. The summed E-state index contributed by atoms with van der Waals surface area (Å²) in [5, 5.41) is 0. The molecule has 0 N–H and O–H groups in total. The first kappa shape index (κ1) is 12.0. The molecule has 15 heavy (non-hydrogen) atoms. The van der Waals surface area contributed by atoms with Crippen molar-refractivity contribution in [3.63, 3.8) is 0 Å². The predicted octanol–water partition coefficient (Wildman–Crippen LogP) is 3.24. The molecule has 1 saturated carbocycles. The molecule has 2 atom stereocenters. The lowest BCUT2D eigenvalue weighted by Crippen LogP contribution is -2.21. The van der Waals surface area contributed by atoms with Gasteiger partial charge in [-0.2, -0.15) is 0 Å². The number of carbonyl (C=O) groups excluding carboxylic acids is 1. The van der Waals surface area contributed by atoms with Crippen LogP contribution in [0.2, 0.25) is 0 Å².